The van der Waals surface area contributed by atoms with Gasteiger partial charge in [-0.3, -0.25) is 0 Å². The number of benzene rings is 1. The fourth-order valence-electron chi connectivity index (χ4n) is 9.38. The first-order valence-electron chi connectivity index (χ1n) is 17.1. The topological polar surface area (TPSA) is 102 Å². The molecule has 11 atom stereocenters. The minimum Gasteiger partial charge on any atom is -0.460 e. The van der Waals surface area contributed by atoms with Crippen molar-refractivity contribution in [3.63, 3.8) is 0 Å². The van der Waals surface area contributed by atoms with Crippen molar-refractivity contribution in [3.05, 3.63) is 59.7 Å². The second-order valence-corrected chi connectivity index (χ2v) is 15.0. The maximum atomic E-state index is 13.8. The highest BCUT2D eigenvalue weighted by Gasteiger charge is 2.62. The standard InChI is InChI=1S/C38H54O7/c1-8-9-15-31(43-21-26-13-11-10-12-14-26)35(40)45-32-20-37(7)19-28-23(4)16-17-29-25(6)44-36(41)34(39)38(29,42)24(5)27(28)18-30(37)33(32)22(2)3/h10-14,16,22,25,27-34,39,42H,5,8-9,15,17-21H2,1-4,6-7H3. The molecule has 2 saturated carbocycles. The summed E-state index contributed by atoms with van der Waals surface area (Å²) in [4.78, 5) is 26.4. The van der Waals surface area contributed by atoms with Gasteiger partial charge in [0.1, 0.15) is 17.8 Å². The molecule has 11 unspecified atom stereocenters. The molecule has 1 saturated heterocycles. The van der Waals surface area contributed by atoms with Crippen molar-refractivity contribution in [1.82, 2.24) is 0 Å². The number of aliphatic hydroxyl groups excluding tert-OH is 1. The van der Waals surface area contributed by atoms with Gasteiger partial charge in [0.05, 0.1) is 6.61 Å². The lowest BCUT2D eigenvalue weighted by molar-refractivity contribution is -0.209. The van der Waals surface area contributed by atoms with Gasteiger partial charge < -0.3 is 24.4 Å². The van der Waals surface area contributed by atoms with Crippen LogP contribution in [0.2, 0.25) is 0 Å². The summed E-state index contributed by atoms with van der Waals surface area (Å²) >= 11 is 0. The van der Waals surface area contributed by atoms with E-state index in [1.54, 1.807) is 6.92 Å². The molecule has 45 heavy (non-hydrogen) atoms. The van der Waals surface area contributed by atoms with Crippen LogP contribution in [0.25, 0.3) is 0 Å². The molecule has 0 bridgehead atoms. The molecule has 1 heterocycles. The highest BCUT2D eigenvalue weighted by Crippen LogP contribution is 2.63. The number of ether oxygens (including phenoxy) is 3. The molecule has 1 aromatic carbocycles. The van der Waals surface area contributed by atoms with Gasteiger partial charge in [-0.15, -0.1) is 0 Å². The van der Waals surface area contributed by atoms with Gasteiger partial charge in [-0.05, 0) is 86.2 Å². The van der Waals surface area contributed by atoms with Crippen molar-refractivity contribution >= 4 is 11.9 Å². The van der Waals surface area contributed by atoms with Gasteiger partial charge in [0.15, 0.2) is 12.2 Å². The second-order valence-electron chi connectivity index (χ2n) is 15.0. The number of esters is 2. The number of allylic oxidation sites excluding steroid dienone is 2. The number of cyclic esters (lactones) is 1. The first kappa shape index (κ1) is 33.9. The molecule has 0 radical (unpaired) electrons. The van der Waals surface area contributed by atoms with Crippen molar-refractivity contribution in [1.29, 1.82) is 0 Å². The van der Waals surface area contributed by atoms with Crippen LogP contribution in [0.3, 0.4) is 0 Å². The SMILES string of the molecule is C=C1C2CC3C(C(C)C)C(OC(=O)C(CCCC)OCc4ccccc4)CC3(C)CC2C(C)=CCC2C(C)OC(=O)C(O)C12O. The summed E-state index contributed by atoms with van der Waals surface area (Å²) in [6, 6.07) is 9.92. The summed E-state index contributed by atoms with van der Waals surface area (Å²) in [7, 11) is 0. The van der Waals surface area contributed by atoms with Crippen LogP contribution in [0.15, 0.2) is 54.1 Å². The third-order valence-corrected chi connectivity index (χ3v) is 11.9. The predicted octanol–water partition coefficient (Wildman–Crippen LogP) is 6.56. The minimum absolute atomic E-state index is 0.0845. The lowest BCUT2D eigenvalue weighted by Crippen LogP contribution is -2.63. The Hall–Kier alpha value is -2.48. The second kappa shape index (κ2) is 13.3. The predicted molar refractivity (Wildman–Crippen MR) is 173 cm³/mol. The van der Waals surface area contributed by atoms with E-state index in [4.69, 9.17) is 14.2 Å². The van der Waals surface area contributed by atoms with Gasteiger partial charge in [-0.2, -0.15) is 0 Å². The fraction of sp³-hybridized carbons (Fsp3) is 0.684. The fourth-order valence-corrected chi connectivity index (χ4v) is 9.38. The average Bonchev–Trinajstić information content (AvgIpc) is 3.29. The molecule has 248 valence electrons. The van der Waals surface area contributed by atoms with Gasteiger partial charge in [-0.1, -0.05) is 89.1 Å². The van der Waals surface area contributed by atoms with Gasteiger partial charge >= 0.3 is 11.9 Å². The molecule has 3 aliphatic carbocycles. The van der Waals surface area contributed by atoms with Gasteiger partial charge in [0, 0.05) is 11.8 Å². The number of unbranched alkanes of at least 4 members (excludes halogenated alkanes) is 1. The normalized spacial score (nSPS) is 38.6. The van der Waals surface area contributed by atoms with Crippen molar-refractivity contribution in [3.8, 4) is 0 Å². The zero-order valence-corrected chi connectivity index (χ0v) is 28.0. The quantitative estimate of drug-likeness (QED) is 0.238. The Morgan fingerprint density at radius 3 is 2.53 bits per heavy atom. The van der Waals surface area contributed by atoms with Crippen molar-refractivity contribution < 1.29 is 34.0 Å². The molecule has 0 amide bonds. The van der Waals surface area contributed by atoms with Crippen LogP contribution < -0.4 is 0 Å². The summed E-state index contributed by atoms with van der Waals surface area (Å²) < 4.78 is 18.1. The van der Waals surface area contributed by atoms with Crippen molar-refractivity contribution in [2.45, 2.75) is 123 Å². The Kier molecular flexibility index (Phi) is 10.0. The smallest absolute Gasteiger partial charge is 0.338 e. The highest BCUT2D eigenvalue weighted by molar-refractivity contribution is 5.78. The molecule has 7 nitrogen and oxygen atoms in total. The largest absolute Gasteiger partial charge is 0.460 e. The van der Waals surface area contributed by atoms with E-state index in [1.807, 2.05) is 30.3 Å². The maximum absolute atomic E-state index is 13.8. The van der Waals surface area contributed by atoms with E-state index in [9.17, 15) is 19.8 Å². The van der Waals surface area contributed by atoms with Gasteiger partial charge in [0.2, 0.25) is 0 Å². The molecule has 5 rings (SSSR count). The van der Waals surface area contributed by atoms with Gasteiger partial charge in [0.25, 0.3) is 0 Å². The first-order valence-corrected chi connectivity index (χ1v) is 17.1. The lowest BCUT2D eigenvalue weighted by atomic mass is 9.53. The van der Waals surface area contributed by atoms with Crippen LogP contribution >= 0.6 is 0 Å². The Labute approximate surface area is 269 Å². The van der Waals surface area contributed by atoms with Crippen molar-refractivity contribution in [2.24, 2.45) is 40.9 Å². The van der Waals surface area contributed by atoms with E-state index < -0.39 is 35.8 Å². The summed E-state index contributed by atoms with van der Waals surface area (Å²) in [6.07, 6.45) is 4.44. The number of hydrogen-bond acceptors (Lipinski definition) is 7. The molecule has 0 spiro atoms. The number of rotatable bonds is 9. The number of fused-ring (bicyclic) bond motifs is 3. The van der Waals surface area contributed by atoms with Crippen LogP contribution in [0.4, 0.5) is 0 Å². The summed E-state index contributed by atoms with van der Waals surface area (Å²) in [5.41, 5.74) is 0.970. The molecule has 2 N–H and O–H groups in total. The van der Waals surface area contributed by atoms with E-state index in [1.165, 1.54) is 5.57 Å². The van der Waals surface area contributed by atoms with Crippen LogP contribution in [0.1, 0.15) is 92.1 Å². The third-order valence-electron chi connectivity index (χ3n) is 11.9. The molecule has 7 heteroatoms. The van der Waals surface area contributed by atoms with Crippen LogP contribution in [0, 0.1) is 40.9 Å². The lowest BCUT2D eigenvalue weighted by Gasteiger charge is -2.54. The maximum Gasteiger partial charge on any atom is 0.338 e. The summed E-state index contributed by atoms with van der Waals surface area (Å²) in [5.74, 6) is -0.966. The number of carbonyl (C=O) groups is 2. The molecular weight excluding hydrogens is 568 g/mol. The average molecular weight is 623 g/mol. The molecule has 4 aliphatic rings. The van der Waals surface area contributed by atoms with E-state index >= 15 is 0 Å². The summed E-state index contributed by atoms with van der Waals surface area (Å²) in [6.45, 7) is 17.6. The Bertz CT molecular complexity index is 1270. The van der Waals surface area contributed by atoms with Crippen LogP contribution in [0.5, 0.6) is 0 Å². The third kappa shape index (κ3) is 6.29. The number of carbonyl (C=O) groups excluding carboxylic acids is 2. The van der Waals surface area contributed by atoms with Crippen LogP contribution in [-0.2, 0) is 30.4 Å². The van der Waals surface area contributed by atoms with E-state index in [0.29, 0.717) is 25.0 Å². The number of aliphatic hydroxyl groups is 2. The highest BCUT2D eigenvalue weighted by atomic mass is 16.6. The Morgan fingerprint density at radius 2 is 1.87 bits per heavy atom. The minimum atomic E-state index is -1.76. The van der Waals surface area contributed by atoms with Crippen molar-refractivity contribution in [2.75, 3.05) is 0 Å². The molecule has 3 fully saturated rings. The number of hydrogen-bond donors (Lipinski definition) is 2. The molecule has 0 aromatic heterocycles. The zero-order chi connectivity index (χ0) is 32.7. The molecule has 1 aliphatic heterocycles. The Balaban J connectivity index is 1.40. The summed E-state index contributed by atoms with van der Waals surface area (Å²) in [5, 5.41) is 23.2. The molecule has 1 aromatic rings. The Morgan fingerprint density at radius 1 is 1.16 bits per heavy atom. The monoisotopic (exact) mass is 622 g/mol. The first-order chi connectivity index (χ1) is 21.3. The van der Waals surface area contributed by atoms with E-state index in [2.05, 4.69) is 47.3 Å². The van der Waals surface area contributed by atoms with E-state index in [-0.39, 0.29) is 47.1 Å². The van der Waals surface area contributed by atoms with Gasteiger partial charge in [-0.25, -0.2) is 9.59 Å². The van der Waals surface area contributed by atoms with Crippen LogP contribution in [-0.4, -0.2) is 52.2 Å². The zero-order valence-electron chi connectivity index (χ0n) is 28.0. The molecular formula is C38H54O7. The van der Waals surface area contributed by atoms with E-state index in [0.717, 1.165) is 37.7 Å².